The van der Waals surface area contributed by atoms with Gasteiger partial charge in [-0.1, -0.05) is 5.16 Å². The van der Waals surface area contributed by atoms with Gasteiger partial charge >= 0.3 is 0 Å². The first-order valence-electron chi connectivity index (χ1n) is 8.68. The van der Waals surface area contributed by atoms with Gasteiger partial charge in [0.15, 0.2) is 11.6 Å². The van der Waals surface area contributed by atoms with E-state index in [1.807, 2.05) is 11.8 Å². The van der Waals surface area contributed by atoms with Gasteiger partial charge in [0.1, 0.15) is 5.82 Å². The van der Waals surface area contributed by atoms with E-state index in [0.717, 1.165) is 37.6 Å². The third-order valence-corrected chi connectivity index (χ3v) is 4.81. The van der Waals surface area contributed by atoms with Crippen LogP contribution in [0.25, 0.3) is 0 Å². The van der Waals surface area contributed by atoms with Crippen molar-refractivity contribution in [1.29, 1.82) is 0 Å². The summed E-state index contributed by atoms with van der Waals surface area (Å²) in [6, 6.07) is 1.73. The van der Waals surface area contributed by atoms with Crippen molar-refractivity contribution in [2.75, 3.05) is 44.3 Å². The van der Waals surface area contributed by atoms with E-state index < -0.39 is 0 Å². The third kappa shape index (κ3) is 3.37. The van der Waals surface area contributed by atoms with Gasteiger partial charge < -0.3 is 19.1 Å². The van der Waals surface area contributed by atoms with E-state index in [1.54, 1.807) is 6.07 Å². The minimum absolute atomic E-state index is 0.100. The summed E-state index contributed by atoms with van der Waals surface area (Å²) in [4.78, 5) is 20.9. The van der Waals surface area contributed by atoms with Crippen LogP contribution in [-0.2, 0) is 4.74 Å². The molecule has 0 spiro atoms. The Labute approximate surface area is 145 Å². The fourth-order valence-corrected chi connectivity index (χ4v) is 3.35. The largest absolute Gasteiger partial charge is 0.378 e. The summed E-state index contributed by atoms with van der Waals surface area (Å²) in [5.41, 5.74) is 0. The second-order valence-electron chi connectivity index (χ2n) is 6.49. The number of amides is 1. The molecule has 0 aliphatic carbocycles. The van der Waals surface area contributed by atoms with Crippen LogP contribution in [0, 0.1) is 6.92 Å². The average molecular weight is 346 g/mol. The minimum atomic E-state index is -0.100. The van der Waals surface area contributed by atoms with E-state index in [9.17, 15) is 4.79 Å². The van der Waals surface area contributed by atoms with Crippen molar-refractivity contribution < 1.29 is 14.1 Å². The number of rotatable bonds is 3. The second-order valence-corrected chi connectivity index (χ2v) is 6.49. The fourth-order valence-electron chi connectivity index (χ4n) is 3.35. The topological polar surface area (TPSA) is 100 Å². The van der Waals surface area contributed by atoms with E-state index in [2.05, 4.69) is 25.2 Å². The number of aromatic amines is 1. The molecule has 0 unspecified atom stereocenters. The molecule has 1 amide bonds. The molecule has 0 radical (unpaired) electrons. The van der Waals surface area contributed by atoms with Crippen molar-refractivity contribution >= 4 is 11.7 Å². The van der Waals surface area contributed by atoms with Crippen LogP contribution in [0.2, 0.25) is 0 Å². The molecule has 9 nitrogen and oxygen atoms in total. The van der Waals surface area contributed by atoms with E-state index >= 15 is 0 Å². The number of carbonyl (C=O) groups is 1. The summed E-state index contributed by atoms with van der Waals surface area (Å²) in [5, 5.41) is 11.2. The van der Waals surface area contributed by atoms with Crippen LogP contribution in [0.3, 0.4) is 0 Å². The van der Waals surface area contributed by atoms with Gasteiger partial charge in [0, 0.05) is 38.2 Å². The Morgan fingerprint density at radius 1 is 1.24 bits per heavy atom. The molecule has 0 aromatic carbocycles. The molecular formula is C16H22N6O3. The monoisotopic (exact) mass is 346 g/mol. The van der Waals surface area contributed by atoms with Gasteiger partial charge in [0.2, 0.25) is 5.76 Å². The Hall–Kier alpha value is -2.42. The number of anilines is 1. The molecule has 2 fully saturated rings. The summed E-state index contributed by atoms with van der Waals surface area (Å²) < 4.78 is 10.6. The predicted octanol–water partition coefficient (Wildman–Crippen LogP) is 0.958. The highest BCUT2D eigenvalue weighted by atomic mass is 16.5. The highest BCUT2D eigenvalue weighted by Crippen LogP contribution is 2.27. The molecule has 2 aromatic rings. The van der Waals surface area contributed by atoms with Gasteiger partial charge in [0.25, 0.3) is 5.91 Å². The maximum Gasteiger partial charge on any atom is 0.292 e. The summed E-state index contributed by atoms with van der Waals surface area (Å²) >= 11 is 0. The molecule has 4 rings (SSSR count). The SMILES string of the molecule is Cc1nc(C2CCN(C(=O)c3cc(N4CCOCC4)no3)CC2)n[nH]1. The molecule has 134 valence electrons. The Morgan fingerprint density at radius 2 is 2.00 bits per heavy atom. The number of hydrogen-bond donors (Lipinski definition) is 1. The number of nitrogens with one attached hydrogen (secondary N) is 1. The number of ether oxygens (including phenoxy) is 1. The van der Waals surface area contributed by atoms with Crippen molar-refractivity contribution in [2.45, 2.75) is 25.7 Å². The zero-order valence-corrected chi connectivity index (χ0v) is 14.3. The van der Waals surface area contributed by atoms with Crippen molar-refractivity contribution in [3.8, 4) is 0 Å². The van der Waals surface area contributed by atoms with Crippen molar-refractivity contribution in [3.05, 3.63) is 23.5 Å². The van der Waals surface area contributed by atoms with Crippen molar-refractivity contribution in [2.24, 2.45) is 0 Å². The van der Waals surface area contributed by atoms with Gasteiger partial charge in [-0.3, -0.25) is 9.89 Å². The first-order chi connectivity index (χ1) is 12.2. The van der Waals surface area contributed by atoms with Gasteiger partial charge in [0.05, 0.1) is 13.2 Å². The molecule has 4 heterocycles. The molecule has 25 heavy (non-hydrogen) atoms. The summed E-state index contributed by atoms with van der Waals surface area (Å²) in [6.07, 6.45) is 1.71. The normalized spacial score (nSPS) is 19.4. The van der Waals surface area contributed by atoms with Gasteiger partial charge in [-0.2, -0.15) is 5.10 Å². The number of nitrogens with zero attached hydrogens (tertiary/aromatic N) is 5. The first-order valence-corrected chi connectivity index (χ1v) is 8.68. The minimum Gasteiger partial charge on any atom is -0.378 e. The average Bonchev–Trinajstić information content (AvgIpc) is 3.31. The van der Waals surface area contributed by atoms with Gasteiger partial charge in [-0.25, -0.2) is 4.98 Å². The Balaban J connectivity index is 1.36. The number of H-pyrrole nitrogens is 1. The fraction of sp³-hybridized carbons (Fsp3) is 0.625. The lowest BCUT2D eigenvalue weighted by atomic mass is 9.96. The lowest BCUT2D eigenvalue weighted by Gasteiger charge is -2.30. The highest BCUT2D eigenvalue weighted by molar-refractivity contribution is 5.92. The standard InChI is InChI=1S/C16H22N6O3/c1-11-17-15(19-18-11)12-2-4-22(5-3-12)16(23)13-10-14(20-25-13)21-6-8-24-9-7-21/h10,12H,2-9H2,1H3,(H,17,18,19). The molecule has 2 saturated heterocycles. The number of carbonyl (C=O) groups excluding carboxylic acids is 1. The number of hydrogen-bond acceptors (Lipinski definition) is 7. The van der Waals surface area contributed by atoms with Crippen LogP contribution >= 0.6 is 0 Å². The van der Waals surface area contributed by atoms with E-state index in [0.29, 0.717) is 43.8 Å². The quantitative estimate of drug-likeness (QED) is 0.883. The zero-order chi connectivity index (χ0) is 17.2. The maximum atomic E-state index is 12.7. The van der Waals surface area contributed by atoms with Gasteiger partial charge in [-0.05, 0) is 19.8 Å². The van der Waals surface area contributed by atoms with E-state index in [1.165, 1.54) is 0 Å². The number of piperidine rings is 1. The zero-order valence-electron chi connectivity index (χ0n) is 14.3. The number of likely N-dealkylation sites (tertiary alicyclic amines) is 1. The molecule has 2 aliphatic rings. The van der Waals surface area contributed by atoms with Crippen LogP contribution in [0.5, 0.6) is 0 Å². The smallest absolute Gasteiger partial charge is 0.292 e. The third-order valence-electron chi connectivity index (χ3n) is 4.81. The van der Waals surface area contributed by atoms with Crippen LogP contribution < -0.4 is 4.90 Å². The van der Waals surface area contributed by atoms with Crippen LogP contribution in [0.1, 0.15) is 41.0 Å². The van der Waals surface area contributed by atoms with Crippen LogP contribution in [-0.4, -0.2) is 70.5 Å². The van der Waals surface area contributed by atoms with Crippen LogP contribution in [0.4, 0.5) is 5.82 Å². The van der Waals surface area contributed by atoms with Gasteiger partial charge in [-0.15, -0.1) is 0 Å². The molecule has 0 saturated carbocycles. The Morgan fingerprint density at radius 3 is 2.68 bits per heavy atom. The van der Waals surface area contributed by atoms with E-state index in [-0.39, 0.29) is 5.91 Å². The van der Waals surface area contributed by atoms with E-state index in [4.69, 9.17) is 9.26 Å². The predicted molar refractivity (Wildman–Crippen MR) is 88.5 cm³/mol. The Kier molecular flexibility index (Phi) is 4.39. The molecular weight excluding hydrogens is 324 g/mol. The maximum absolute atomic E-state index is 12.7. The summed E-state index contributed by atoms with van der Waals surface area (Å²) in [5.74, 6) is 2.88. The first kappa shape index (κ1) is 16.1. The molecule has 1 N–H and O–H groups in total. The number of aromatic nitrogens is 4. The van der Waals surface area contributed by atoms with Crippen molar-refractivity contribution in [1.82, 2.24) is 25.2 Å². The number of morpholine rings is 1. The Bertz CT molecular complexity index is 728. The summed E-state index contributed by atoms with van der Waals surface area (Å²) in [6.45, 7) is 6.11. The molecule has 9 heteroatoms. The van der Waals surface area contributed by atoms with Crippen molar-refractivity contribution in [3.63, 3.8) is 0 Å². The van der Waals surface area contributed by atoms with Crippen LogP contribution in [0.15, 0.2) is 10.6 Å². The number of aryl methyl sites for hydroxylation is 1. The lowest BCUT2D eigenvalue weighted by Crippen LogP contribution is -2.38. The molecule has 2 aromatic heterocycles. The molecule has 0 bridgehead atoms. The molecule has 2 aliphatic heterocycles. The lowest BCUT2D eigenvalue weighted by molar-refractivity contribution is 0.0669. The molecule has 0 atom stereocenters. The highest BCUT2D eigenvalue weighted by Gasteiger charge is 2.29. The summed E-state index contributed by atoms with van der Waals surface area (Å²) in [7, 11) is 0. The second kappa shape index (κ2) is 6.83.